The summed E-state index contributed by atoms with van der Waals surface area (Å²) < 4.78 is 15.4. The highest BCUT2D eigenvalue weighted by Crippen LogP contribution is 2.23. The zero-order valence-electron chi connectivity index (χ0n) is 10.2. The van der Waals surface area contributed by atoms with E-state index in [4.69, 9.17) is 9.47 Å². The standard InChI is InChI=1S/C14H16O4/c1-16-14(15)8-7-12-13(18-12)10-17-9-11-5-3-2-4-6-11/h2-8,12-13H,9-10H2,1H3/b8-7+/t12-,13+/m0/s1. The molecule has 1 saturated heterocycles. The van der Waals surface area contributed by atoms with Gasteiger partial charge in [0.15, 0.2) is 0 Å². The number of esters is 1. The number of epoxide rings is 1. The van der Waals surface area contributed by atoms with Crippen LogP contribution >= 0.6 is 0 Å². The number of carbonyl (C=O) groups excluding carboxylic acids is 1. The van der Waals surface area contributed by atoms with Crippen LogP contribution in [0.5, 0.6) is 0 Å². The molecular formula is C14H16O4. The lowest BCUT2D eigenvalue weighted by molar-refractivity contribution is -0.134. The molecule has 0 unspecified atom stereocenters. The summed E-state index contributed by atoms with van der Waals surface area (Å²) in [7, 11) is 1.35. The molecule has 0 N–H and O–H groups in total. The Morgan fingerprint density at radius 2 is 2.17 bits per heavy atom. The molecule has 1 heterocycles. The van der Waals surface area contributed by atoms with E-state index < -0.39 is 0 Å². The fraction of sp³-hybridized carbons (Fsp3) is 0.357. The normalized spacial score (nSPS) is 22.1. The van der Waals surface area contributed by atoms with E-state index in [1.54, 1.807) is 6.08 Å². The number of methoxy groups -OCH3 is 1. The quantitative estimate of drug-likeness (QED) is 0.437. The van der Waals surface area contributed by atoms with Crippen molar-refractivity contribution in [3.8, 4) is 0 Å². The molecule has 1 fully saturated rings. The molecule has 1 aliphatic rings. The molecule has 1 aromatic rings. The minimum Gasteiger partial charge on any atom is -0.466 e. The maximum absolute atomic E-state index is 10.9. The van der Waals surface area contributed by atoms with E-state index in [-0.39, 0.29) is 18.2 Å². The molecule has 0 amide bonds. The lowest BCUT2D eigenvalue weighted by Gasteiger charge is -2.01. The van der Waals surface area contributed by atoms with Crippen molar-refractivity contribution in [1.29, 1.82) is 0 Å². The first kappa shape index (κ1) is 12.8. The van der Waals surface area contributed by atoms with Crippen LogP contribution in [0, 0.1) is 0 Å². The Morgan fingerprint density at radius 1 is 1.39 bits per heavy atom. The second-order valence-corrected chi connectivity index (χ2v) is 4.02. The van der Waals surface area contributed by atoms with Crippen molar-refractivity contribution >= 4 is 5.97 Å². The summed E-state index contributed by atoms with van der Waals surface area (Å²) in [5, 5.41) is 0. The molecule has 4 heteroatoms. The smallest absolute Gasteiger partial charge is 0.330 e. The molecule has 0 aromatic heterocycles. The SMILES string of the molecule is COC(=O)/C=C/[C@@H]1O[C@@H]1COCc1ccccc1. The van der Waals surface area contributed by atoms with Gasteiger partial charge in [0.25, 0.3) is 0 Å². The summed E-state index contributed by atoms with van der Waals surface area (Å²) in [6, 6.07) is 9.97. The molecule has 1 aliphatic heterocycles. The second-order valence-electron chi connectivity index (χ2n) is 4.02. The molecule has 18 heavy (non-hydrogen) atoms. The molecule has 0 radical (unpaired) electrons. The Labute approximate surface area is 106 Å². The third-order valence-electron chi connectivity index (χ3n) is 2.64. The van der Waals surface area contributed by atoms with Gasteiger partial charge < -0.3 is 14.2 Å². The van der Waals surface area contributed by atoms with Gasteiger partial charge in [-0.05, 0) is 11.6 Å². The van der Waals surface area contributed by atoms with Gasteiger partial charge in [-0.2, -0.15) is 0 Å². The lowest BCUT2D eigenvalue weighted by atomic mass is 10.2. The van der Waals surface area contributed by atoms with Crippen LogP contribution < -0.4 is 0 Å². The minimum atomic E-state index is -0.366. The van der Waals surface area contributed by atoms with Crippen LogP contribution in [0.1, 0.15) is 5.56 Å². The van der Waals surface area contributed by atoms with Crippen molar-refractivity contribution in [2.45, 2.75) is 18.8 Å². The van der Waals surface area contributed by atoms with Crippen molar-refractivity contribution in [3.63, 3.8) is 0 Å². The Hall–Kier alpha value is -1.65. The van der Waals surface area contributed by atoms with Crippen LogP contribution in [0.4, 0.5) is 0 Å². The van der Waals surface area contributed by atoms with Crippen molar-refractivity contribution in [2.24, 2.45) is 0 Å². The van der Waals surface area contributed by atoms with Gasteiger partial charge in [-0.25, -0.2) is 4.79 Å². The van der Waals surface area contributed by atoms with E-state index in [0.717, 1.165) is 5.56 Å². The maximum Gasteiger partial charge on any atom is 0.330 e. The van der Waals surface area contributed by atoms with E-state index in [9.17, 15) is 4.79 Å². The Balaban J connectivity index is 1.62. The topological polar surface area (TPSA) is 48.1 Å². The number of hydrogen-bond acceptors (Lipinski definition) is 4. The van der Waals surface area contributed by atoms with Crippen LogP contribution in [0.15, 0.2) is 42.5 Å². The number of benzene rings is 1. The largest absolute Gasteiger partial charge is 0.466 e. The highest BCUT2D eigenvalue weighted by molar-refractivity contribution is 5.81. The summed E-state index contributed by atoms with van der Waals surface area (Å²) >= 11 is 0. The Morgan fingerprint density at radius 3 is 2.89 bits per heavy atom. The van der Waals surface area contributed by atoms with Gasteiger partial charge in [-0.3, -0.25) is 0 Å². The van der Waals surface area contributed by atoms with Gasteiger partial charge in [-0.15, -0.1) is 0 Å². The van der Waals surface area contributed by atoms with E-state index in [2.05, 4.69) is 4.74 Å². The molecule has 0 spiro atoms. The first-order valence-electron chi connectivity index (χ1n) is 5.83. The van der Waals surface area contributed by atoms with E-state index in [0.29, 0.717) is 13.2 Å². The second kappa shape index (κ2) is 6.33. The maximum atomic E-state index is 10.9. The van der Waals surface area contributed by atoms with Gasteiger partial charge in [0.1, 0.15) is 12.2 Å². The zero-order valence-corrected chi connectivity index (χ0v) is 10.2. The molecular weight excluding hydrogens is 232 g/mol. The summed E-state index contributed by atoms with van der Waals surface area (Å²) in [5.41, 5.74) is 1.14. The van der Waals surface area contributed by atoms with Gasteiger partial charge in [0, 0.05) is 6.08 Å². The van der Waals surface area contributed by atoms with Gasteiger partial charge in [0.05, 0.1) is 20.3 Å². The summed E-state index contributed by atoms with van der Waals surface area (Å²) in [6.07, 6.45) is 3.10. The Bertz CT molecular complexity index is 413. The van der Waals surface area contributed by atoms with E-state index in [1.807, 2.05) is 30.3 Å². The summed E-state index contributed by atoms with van der Waals surface area (Å²) in [5.74, 6) is -0.366. The average molecular weight is 248 g/mol. The van der Waals surface area contributed by atoms with Crippen molar-refractivity contribution < 1.29 is 19.0 Å². The van der Waals surface area contributed by atoms with Crippen LogP contribution in [-0.2, 0) is 25.6 Å². The van der Waals surface area contributed by atoms with Crippen molar-refractivity contribution in [1.82, 2.24) is 0 Å². The fourth-order valence-electron chi connectivity index (χ4n) is 1.57. The zero-order chi connectivity index (χ0) is 12.8. The average Bonchev–Trinajstić information content (AvgIpc) is 3.16. The van der Waals surface area contributed by atoms with Crippen LogP contribution in [0.25, 0.3) is 0 Å². The monoisotopic (exact) mass is 248 g/mol. The van der Waals surface area contributed by atoms with Crippen molar-refractivity contribution in [2.75, 3.05) is 13.7 Å². The first-order chi connectivity index (χ1) is 8.79. The molecule has 96 valence electrons. The predicted octanol–water partition coefficient (Wildman–Crippen LogP) is 1.70. The summed E-state index contributed by atoms with van der Waals surface area (Å²) in [6.45, 7) is 1.11. The third kappa shape index (κ3) is 3.98. The van der Waals surface area contributed by atoms with Crippen LogP contribution in [0.2, 0.25) is 0 Å². The summed E-state index contributed by atoms with van der Waals surface area (Å²) in [4.78, 5) is 10.9. The number of hydrogen-bond donors (Lipinski definition) is 0. The molecule has 2 atom stereocenters. The first-order valence-corrected chi connectivity index (χ1v) is 5.83. The highest BCUT2D eigenvalue weighted by atomic mass is 16.6. The van der Waals surface area contributed by atoms with E-state index >= 15 is 0 Å². The molecule has 0 saturated carbocycles. The molecule has 0 aliphatic carbocycles. The lowest BCUT2D eigenvalue weighted by Crippen LogP contribution is -2.04. The molecule has 4 nitrogen and oxygen atoms in total. The number of ether oxygens (including phenoxy) is 3. The highest BCUT2D eigenvalue weighted by Gasteiger charge is 2.36. The van der Waals surface area contributed by atoms with Crippen LogP contribution in [0.3, 0.4) is 0 Å². The number of rotatable bonds is 6. The Kier molecular flexibility index (Phi) is 4.50. The van der Waals surface area contributed by atoms with Crippen molar-refractivity contribution in [3.05, 3.63) is 48.0 Å². The number of carbonyl (C=O) groups is 1. The van der Waals surface area contributed by atoms with Gasteiger partial charge >= 0.3 is 5.97 Å². The van der Waals surface area contributed by atoms with Gasteiger partial charge in [0.2, 0.25) is 0 Å². The molecule has 2 rings (SSSR count). The molecule has 0 bridgehead atoms. The van der Waals surface area contributed by atoms with Gasteiger partial charge in [-0.1, -0.05) is 30.3 Å². The third-order valence-corrected chi connectivity index (χ3v) is 2.64. The predicted molar refractivity (Wildman–Crippen MR) is 65.9 cm³/mol. The minimum absolute atomic E-state index is 0.0279. The van der Waals surface area contributed by atoms with E-state index in [1.165, 1.54) is 13.2 Å². The van der Waals surface area contributed by atoms with Crippen LogP contribution in [-0.4, -0.2) is 31.9 Å². The molecule has 1 aromatic carbocycles. The fourth-order valence-corrected chi connectivity index (χ4v) is 1.57.